The topological polar surface area (TPSA) is 41.1 Å². The Hall–Kier alpha value is -1.64. The summed E-state index contributed by atoms with van der Waals surface area (Å²) in [4.78, 5) is 7.34. The average Bonchev–Trinajstić information content (AvgIpc) is 3.05. The maximum absolute atomic E-state index is 8.84. The molecule has 0 saturated carbocycles. The Balaban J connectivity index is 0.00000132. The Bertz CT molecular complexity index is 824. The first-order valence-electron chi connectivity index (χ1n) is 6.85. The van der Waals surface area contributed by atoms with Crippen molar-refractivity contribution in [3.05, 3.63) is 46.6 Å². The zero-order valence-electron chi connectivity index (χ0n) is 11.4. The molecular weight excluding hydrogens is 346 g/mol. The molecule has 0 aliphatic heterocycles. The highest BCUT2D eigenvalue weighted by atomic mass is 79.9. The van der Waals surface area contributed by atoms with E-state index in [0.29, 0.717) is 5.56 Å². The zero-order valence-corrected chi connectivity index (χ0v) is 13.9. The van der Waals surface area contributed by atoms with Crippen LogP contribution in [-0.4, -0.2) is 9.38 Å². The van der Waals surface area contributed by atoms with Crippen molar-refractivity contribution >= 4 is 33.3 Å². The van der Waals surface area contributed by atoms with Crippen LogP contribution in [0.3, 0.4) is 0 Å². The second kappa shape index (κ2) is 5.63. The molecule has 1 aliphatic carbocycles. The van der Waals surface area contributed by atoms with E-state index in [4.69, 9.17) is 10.2 Å². The molecule has 0 unspecified atom stereocenters. The first-order valence-corrected chi connectivity index (χ1v) is 7.67. The molecule has 0 spiro atoms. The predicted octanol–water partition coefficient (Wildman–Crippen LogP) is 4.39. The van der Waals surface area contributed by atoms with Crippen LogP contribution in [0.1, 0.15) is 29.0 Å². The minimum atomic E-state index is 0. The van der Waals surface area contributed by atoms with E-state index >= 15 is 0 Å². The Morgan fingerprint density at radius 1 is 1.14 bits per heavy atom. The van der Waals surface area contributed by atoms with Crippen molar-refractivity contribution in [1.29, 1.82) is 5.26 Å². The van der Waals surface area contributed by atoms with E-state index in [1.54, 1.807) is 0 Å². The Morgan fingerprint density at radius 3 is 2.67 bits per heavy atom. The fourth-order valence-corrected chi connectivity index (χ4v) is 4.01. The largest absolute Gasteiger partial charge is 0.294 e. The molecular formula is C16H14BrN3S. The van der Waals surface area contributed by atoms with E-state index < -0.39 is 0 Å². The van der Waals surface area contributed by atoms with Gasteiger partial charge in [-0.3, -0.25) is 4.40 Å². The van der Waals surface area contributed by atoms with Crippen LogP contribution in [0.5, 0.6) is 0 Å². The third kappa shape index (κ3) is 2.39. The van der Waals surface area contributed by atoms with Gasteiger partial charge in [0.05, 0.1) is 17.3 Å². The van der Waals surface area contributed by atoms with Crippen LogP contribution in [0.25, 0.3) is 16.2 Å². The predicted molar refractivity (Wildman–Crippen MR) is 90.2 cm³/mol. The summed E-state index contributed by atoms with van der Waals surface area (Å²) < 4.78 is 2.26. The fourth-order valence-electron chi connectivity index (χ4n) is 2.82. The number of fused-ring (bicyclic) bond motifs is 3. The molecule has 1 aromatic carbocycles. The number of imidazole rings is 1. The lowest BCUT2D eigenvalue weighted by atomic mass is 10.0. The number of benzene rings is 1. The van der Waals surface area contributed by atoms with Crippen molar-refractivity contribution in [2.75, 3.05) is 0 Å². The standard InChI is InChI=1S/C16H13N3S.BrH/c17-9-11-5-7-12(8-6-11)13-10-19-14-3-1-2-4-15(14)20-16(19)18-13;/h5-8,10H,1-4H2;1H. The Morgan fingerprint density at radius 2 is 1.90 bits per heavy atom. The molecule has 3 aromatic rings. The number of nitriles is 1. The number of thiazole rings is 1. The molecule has 2 aromatic heterocycles. The third-order valence-corrected chi connectivity index (χ3v) is 5.03. The quantitative estimate of drug-likeness (QED) is 0.646. The summed E-state index contributed by atoms with van der Waals surface area (Å²) >= 11 is 1.82. The minimum Gasteiger partial charge on any atom is -0.294 e. The Kier molecular flexibility index (Phi) is 3.83. The van der Waals surface area contributed by atoms with Gasteiger partial charge in [-0.05, 0) is 37.8 Å². The van der Waals surface area contributed by atoms with Crippen molar-refractivity contribution < 1.29 is 0 Å². The van der Waals surface area contributed by atoms with Crippen molar-refractivity contribution in [2.24, 2.45) is 0 Å². The molecule has 0 atom stereocenters. The van der Waals surface area contributed by atoms with Crippen molar-refractivity contribution in [3.63, 3.8) is 0 Å². The molecule has 21 heavy (non-hydrogen) atoms. The second-order valence-electron chi connectivity index (χ2n) is 5.15. The number of aromatic nitrogens is 2. The van der Waals surface area contributed by atoms with Crippen LogP contribution in [-0.2, 0) is 12.8 Å². The summed E-state index contributed by atoms with van der Waals surface area (Å²) in [5.41, 5.74) is 4.20. The summed E-state index contributed by atoms with van der Waals surface area (Å²) in [5, 5.41) is 8.84. The van der Waals surface area contributed by atoms with Gasteiger partial charge in [0, 0.05) is 22.3 Å². The van der Waals surface area contributed by atoms with Gasteiger partial charge in [-0.1, -0.05) is 12.1 Å². The van der Waals surface area contributed by atoms with Gasteiger partial charge in [-0.25, -0.2) is 4.98 Å². The van der Waals surface area contributed by atoms with Crippen LogP contribution >= 0.6 is 28.3 Å². The lowest BCUT2D eigenvalue weighted by Gasteiger charge is -2.09. The summed E-state index contributed by atoms with van der Waals surface area (Å²) in [7, 11) is 0. The molecule has 2 heterocycles. The van der Waals surface area contributed by atoms with E-state index in [1.165, 1.54) is 36.3 Å². The average molecular weight is 360 g/mol. The van der Waals surface area contributed by atoms with Gasteiger partial charge in [0.1, 0.15) is 0 Å². The van der Waals surface area contributed by atoms with Crippen molar-refractivity contribution in [2.45, 2.75) is 25.7 Å². The van der Waals surface area contributed by atoms with Gasteiger partial charge in [0.25, 0.3) is 0 Å². The van der Waals surface area contributed by atoms with Crippen LogP contribution < -0.4 is 0 Å². The highest BCUT2D eigenvalue weighted by Gasteiger charge is 2.18. The molecule has 0 fully saturated rings. The molecule has 4 rings (SSSR count). The fraction of sp³-hybridized carbons (Fsp3) is 0.250. The van der Waals surface area contributed by atoms with Crippen LogP contribution in [0.2, 0.25) is 0 Å². The number of hydrogen-bond acceptors (Lipinski definition) is 3. The van der Waals surface area contributed by atoms with Gasteiger partial charge in [-0.2, -0.15) is 5.26 Å². The first-order chi connectivity index (χ1) is 9.85. The SMILES string of the molecule is Br.N#Cc1ccc(-c2cn3c4c(sc3n2)CCCC4)cc1. The van der Waals surface area contributed by atoms with E-state index in [9.17, 15) is 0 Å². The summed E-state index contributed by atoms with van der Waals surface area (Å²) in [6, 6.07) is 9.77. The molecule has 0 amide bonds. The normalized spacial score (nSPS) is 13.5. The maximum Gasteiger partial charge on any atom is 0.194 e. The second-order valence-corrected chi connectivity index (χ2v) is 6.21. The highest BCUT2D eigenvalue weighted by molar-refractivity contribution is 8.93. The maximum atomic E-state index is 8.84. The summed E-state index contributed by atoms with van der Waals surface area (Å²) in [6.45, 7) is 0. The first kappa shape index (κ1) is 14.3. The summed E-state index contributed by atoms with van der Waals surface area (Å²) in [5.74, 6) is 0. The van der Waals surface area contributed by atoms with Gasteiger partial charge < -0.3 is 0 Å². The molecule has 3 nitrogen and oxygen atoms in total. The monoisotopic (exact) mass is 359 g/mol. The summed E-state index contributed by atoms with van der Waals surface area (Å²) in [6.07, 6.45) is 7.09. The number of halogens is 1. The number of nitrogens with zero attached hydrogens (tertiary/aromatic N) is 3. The zero-order chi connectivity index (χ0) is 13.5. The van der Waals surface area contributed by atoms with Crippen molar-refractivity contribution in [1.82, 2.24) is 9.38 Å². The van der Waals surface area contributed by atoms with Crippen LogP contribution in [0, 0.1) is 11.3 Å². The molecule has 0 bridgehead atoms. The lowest BCUT2D eigenvalue weighted by Crippen LogP contribution is -2.01. The minimum absolute atomic E-state index is 0. The molecule has 0 saturated heterocycles. The lowest BCUT2D eigenvalue weighted by molar-refractivity contribution is 0.674. The number of aryl methyl sites for hydroxylation is 2. The smallest absolute Gasteiger partial charge is 0.194 e. The van der Waals surface area contributed by atoms with Crippen LogP contribution in [0.15, 0.2) is 30.5 Å². The third-order valence-electron chi connectivity index (χ3n) is 3.88. The van der Waals surface area contributed by atoms with Gasteiger partial charge in [0.15, 0.2) is 4.96 Å². The van der Waals surface area contributed by atoms with E-state index in [2.05, 4.69) is 16.7 Å². The molecule has 5 heteroatoms. The molecule has 106 valence electrons. The van der Waals surface area contributed by atoms with Gasteiger partial charge in [0.2, 0.25) is 0 Å². The Labute approximate surface area is 137 Å². The molecule has 0 N–H and O–H groups in total. The van der Waals surface area contributed by atoms with E-state index in [0.717, 1.165) is 16.2 Å². The number of rotatable bonds is 1. The highest BCUT2D eigenvalue weighted by Crippen LogP contribution is 2.32. The van der Waals surface area contributed by atoms with E-state index in [1.807, 2.05) is 35.6 Å². The van der Waals surface area contributed by atoms with Crippen molar-refractivity contribution in [3.8, 4) is 17.3 Å². The van der Waals surface area contributed by atoms with Crippen LogP contribution in [0.4, 0.5) is 0 Å². The number of hydrogen-bond donors (Lipinski definition) is 0. The van der Waals surface area contributed by atoms with Gasteiger partial charge >= 0.3 is 0 Å². The molecule has 1 aliphatic rings. The van der Waals surface area contributed by atoms with Gasteiger partial charge in [-0.15, -0.1) is 28.3 Å². The molecule has 0 radical (unpaired) electrons. The van der Waals surface area contributed by atoms with E-state index in [-0.39, 0.29) is 17.0 Å².